The summed E-state index contributed by atoms with van der Waals surface area (Å²) in [6, 6.07) is 5.31. The van der Waals surface area contributed by atoms with Crippen LogP contribution < -0.4 is 5.73 Å². The standard InChI is InChI=1S/C9H8Cl2N2O/c10-5-1-2-7(11)6(3-5)8-4-14-9(12)13-8/h1-3,8H,4H2,(H2,12,13)/t8-/m0/s1. The topological polar surface area (TPSA) is 47.6 Å². The van der Waals surface area contributed by atoms with E-state index in [0.717, 1.165) is 5.56 Å². The maximum absolute atomic E-state index is 6.00. The van der Waals surface area contributed by atoms with E-state index in [4.69, 9.17) is 33.7 Å². The van der Waals surface area contributed by atoms with Gasteiger partial charge in [0, 0.05) is 15.6 Å². The lowest BCUT2D eigenvalue weighted by Crippen LogP contribution is -2.10. The Morgan fingerprint density at radius 2 is 2.21 bits per heavy atom. The molecule has 0 radical (unpaired) electrons. The van der Waals surface area contributed by atoms with Crippen LogP contribution in [0.15, 0.2) is 23.2 Å². The summed E-state index contributed by atoms with van der Waals surface area (Å²) in [5.41, 5.74) is 6.25. The summed E-state index contributed by atoms with van der Waals surface area (Å²) >= 11 is 11.9. The number of benzene rings is 1. The van der Waals surface area contributed by atoms with E-state index < -0.39 is 0 Å². The molecule has 0 aliphatic carbocycles. The zero-order valence-electron chi connectivity index (χ0n) is 7.21. The van der Waals surface area contributed by atoms with Gasteiger partial charge in [-0.1, -0.05) is 23.2 Å². The fourth-order valence-corrected chi connectivity index (χ4v) is 1.75. The Labute approximate surface area is 91.5 Å². The van der Waals surface area contributed by atoms with Gasteiger partial charge in [0.2, 0.25) is 0 Å². The van der Waals surface area contributed by atoms with Crippen molar-refractivity contribution in [2.75, 3.05) is 6.61 Å². The molecule has 0 spiro atoms. The highest BCUT2D eigenvalue weighted by Crippen LogP contribution is 2.30. The first kappa shape index (κ1) is 9.62. The summed E-state index contributed by atoms with van der Waals surface area (Å²) in [7, 11) is 0. The Kier molecular flexibility index (Phi) is 2.52. The molecule has 1 aliphatic heterocycles. The van der Waals surface area contributed by atoms with E-state index in [-0.39, 0.29) is 12.1 Å². The summed E-state index contributed by atoms with van der Waals surface area (Å²) in [5.74, 6) is 0. The Morgan fingerprint density at radius 3 is 2.86 bits per heavy atom. The van der Waals surface area contributed by atoms with E-state index in [1.165, 1.54) is 0 Å². The van der Waals surface area contributed by atoms with Crippen LogP contribution >= 0.6 is 23.2 Å². The van der Waals surface area contributed by atoms with Gasteiger partial charge in [-0.15, -0.1) is 0 Å². The van der Waals surface area contributed by atoms with Gasteiger partial charge in [0.05, 0.1) is 0 Å². The molecule has 0 unspecified atom stereocenters. The quantitative estimate of drug-likeness (QED) is 0.806. The molecule has 2 rings (SSSR count). The summed E-state index contributed by atoms with van der Waals surface area (Å²) in [5, 5.41) is 1.26. The molecule has 74 valence electrons. The molecule has 0 saturated heterocycles. The molecular formula is C9H8Cl2N2O. The number of rotatable bonds is 1. The van der Waals surface area contributed by atoms with Gasteiger partial charge < -0.3 is 10.5 Å². The highest BCUT2D eigenvalue weighted by atomic mass is 35.5. The van der Waals surface area contributed by atoms with Crippen molar-refractivity contribution in [1.29, 1.82) is 0 Å². The van der Waals surface area contributed by atoms with E-state index >= 15 is 0 Å². The molecule has 0 amide bonds. The molecule has 5 heteroatoms. The third-order valence-electron chi connectivity index (χ3n) is 1.99. The third kappa shape index (κ3) is 1.79. The Hall–Kier alpha value is -0.930. The lowest BCUT2D eigenvalue weighted by molar-refractivity contribution is 0.315. The van der Waals surface area contributed by atoms with Crippen molar-refractivity contribution >= 4 is 29.2 Å². The summed E-state index contributed by atoms with van der Waals surface area (Å²) < 4.78 is 5.04. The van der Waals surface area contributed by atoms with Crippen LogP contribution in [0.1, 0.15) is 11.6 Å². The third-order valence-corrected chi connectivity index (χ3v) is 2.57. The van der Waals surface area contributed by atoms with Gasteiger partial charge in [-0.2, -0.15) is 0 Å². The minimum absolute atomic E-state index is 0.138. The molecule has 2 N–H and O–H groups in total. The van der Waals surface area contributed by atoms with Crippen LogP contribution in [-0.4, -0.2) is 12.6 Å². The number of nitrogens with two attached hydrogens (primary N) is 1. The predicted molar refractivity (Wildman–Crippen MR) is 56.8 cm³/mol. The average molecular weight is 231 g/mol. The van der Waals surface area contributed by atoms with E-state index in [9.17, 15) is 0 Å². The number of ether oxygens (including phenoxy) is 1. The predicted octanol–water partition coefficient (Wildman–Crippen LogP) is 2.38. The number of aliphatic imine (C=N–C) groups is 1. The van der Waals surface area contributed by atoms with Crippen LogP contribution in [0.2, 0.25) is 10.0 Å². The summed E-state index contributed by atoms with van der Waals surface area (Å²) in [4.78, 5) is 4.09. The normalized spacial score (nSPS) is 20.4. The van der Waals surface area contributed by atoms with Crippen LogP contribution in [0, 0.1) is 0 Å². The van der Waals surface area contributed by atoms with Crippen molar-refractivity contribution < 1.29 is 4.74 Å². The van der Waals surface area contributed by atoms with Crippen LogP contribution in [-0.2, 0) is 4.74 Å². The molecule has 1 aromatic rings. The van der Waals surface area contributed by atoms with E-state index in [1.54, 1.807) is 18.2 Å². The average Bonchev–Trinajstić information content (AvgIpc) is 2.56. The van der Waals surface area contributed by atoms with E-state index in [2.05, 4.69) is 4.99 Å². The molecular weight excluding hydrogens is 223 g/mol. The second-order valence-electron chi connectivity index (χ2n) is 2.96. The monoisotopic (exact) mass is 230 g/mol. The van der Waals surface area contributed by atoms with Gasteiger partial charge in [-0.3, -0.25) is 0 Å². The first-order valence-electron chi connectivity index (χ1n) is 4.08. The van der Waals surface area contributed by atoms with Crippen molar-refractivity contribution in [3.8, 4) is 0 Å². The second kappa shape index (κ2) is 3.67. The lowest BCUT2D eigenvalue weighted by atomic mass is 10.1. The molecule has 0 aromatic heterocycles. The van der Waals surface area contributed by atoms with E-state index in [1.807, 2.05) is 0 Å². The van der Waals surface area contributed by atoms with Crippen LogP contribution in [0.25, 0.3) is 0 Å². The second-order valence-corrected chi connectivity index (χ2v) is 3.80. The highest BCUT2D eigenvalue weighted by molar-refractivity contribution is 6.33. The first-order chi connectivity index (χ1) is 6.66. The van der Waals surface area contributed by atoms with Crippen LogP contribution in [0.3, 0.4) is 0 Å². The van der Waals surface area contributed by atoms with Gasteiger partial charge in [-0.25, -0.2) is 4.99 Å². The van der Waals surface area contributed by atoms with Crippen LogP contribution in [0.5, 0.6) is 0 Å². The smallest absolute Gasteiger partial charge is 0.282 e. The van der Waals surface area contributed by atoms with E-state index in [0.29, 0.717) is 16.7 Å². The number of hydrogen-bond donors (Lipinski definition) is 1. The van der Waals surface area contributed by atoms with Crippen molar-refractivity contribution in [3.63, 3.8) is 0 Å². The van der Waals surface area contributed by atoms with Gasteiger partial charge in [0.25, 0.3) is 6.02 Å². The molecule has 14 heavy (non-hydrogen) atoms. The molecule has 0 fully saturated rings. The van der Waals surface area contributed by atoms with Crippen molar-refractivity contribution in [2.24, 2.45) is 10.7 Å². The SMILES string of the molecule is NC1=N[C@H](c2cc(Cl)ccc2Cl)CO1. The molecule has 0 bridgehead atoms. The van der Waals surface area contributed by atoms with Crippen molar-refractivity contribution in [2.45, 2.75) is 6.04 Å². The first-order valence-corrected chi connectivity index (χ1v) is 4.83. The van der Waals surface area contributed by atoms with Crippen LogP contribution in [0.4, 0.5) is 0 Å². The van der Waals surface area contributed by atoms with Gasteiger partial charge >= 0.3 is 0 Å². The van der Waals surface area contributed by atoms with Crippen molar-refractivity contribution in [1.82, 2.24) is 0 Å². The number of amidine groups is 1. The lowest BCUT2D eigenvalue weighted by Gasteiger charge is -2.07. The van der Waals surface area contributed by atoms with Gasteiger partial charge in [0.15, 0.2) is 0 Å². The number of halogens is 2. The molecule has 0 saturated carbocycles. The Balaban J connectivity index is 2.36. The molecule has 1 heterocycles. The molecule has 3 nitrogen and oxygen atoms in total. The minimum atomic E-state index is -0.138. The zero-order chi connectivity index (χ0) is 10.1. The zero-order valence-corrected chi connectivity index (χ0v) is 8.72. The Morgan fingerprint density at radius 1 is 1.43 bits per heavy atom. The largest absolute Gasteiger partial charge is 0.463 e. The fraction of sp³-hybridized carbons (Fsp3) is 0.222. The maximum atomic E-state index is 6.00. The highest BCUT2D eigenvalue weighted by Gasteiger charge is 2.21. The maximum Gasteiger partial charge on any atom is 0.282 e. The Bertz CT molecular complexity index is 392. The fourth-order valence-electron chi connectivity index (χ4n) is 1.32. The van der Waals surface area contributed by atoms with Gasteiger partial charge in [-0.05, 0) is 18.2 Å². The number of nitrogens with zero attached hydrogens (tertiary/aromatic N) is 1. The number of hydrogen-bond acceptors (Lipinski definition) is 3. The molecule has 1 atom stereocenters. The van der Waals surface area contributed by atoms with Crippen molar-refractivity contribution in [3.05, 3.63) is 33.8 Å². The minimum Gasteiger partial charge on any atom is -0.463 e. The summed E-state index contributed by atoms with van der Waals surface area (Å²) in [6.07, 6.45) is 0. The van der Waals surface area contributed by atoms with Gasteiger partial charge in [0.1, 0.15) is 12.6 Å². The molecule has 1 aromatic carbocycles. The molecule has 1 aliphatic rings. The summed E-state index contributed by atoms with van der Waals surface area (Å²) in [6.45, 7) is 0.423.